The Kier molecular flexibility index (Phi) is 4.14. The maximum atomic E-state index is 11.4. The molecule has 0 aromatic carbocycles. The fourth-order valence-electron chi connectivity index (χ4n) is 0.925. The van der Waals surface area contributed by atoms with Crippen LogP contribution < -0.4 is 5.43 Å². The Morgan fingerprint density at radius 2 is 2.31 bits per heavy atom. The Morgan fingerprint density at radius 3 is 2.94 bits per heavy atom. The zero-order valence-corrected chi connectivity index (χ0v) is 9.21. The third-order valence-corrected chi connectivity index (χ3v) is 1.57. The van der Waals surface area contributed by atoms with Crippen molar-refractivity contribution in [3.8, 4) is 0 Å². The molecule has 0 atom stereocenters. The standard InChI is InChI=1S/C10H13N5O/c1-11-14-10(16)8-5-4-6-9(13-8)12-7-15(2)3/h4-7H,1H2,2-3H3,(H,14,16)/b12-7+. The Hall–Kier alpha value is -2.24. The lowest BCUT2D eigenvalue weighted by Gasteiger charge is -2.02. The van der Waals surface area contributed by atoms with E-state index in [1.165, 1.54) is 0 Å². The van der Waals surface area contributed by atoms with Crippen LogP contribution in [-0.4, -0.2) is 42.9 Å². The van der Waals surface area contributed by atoms with Gasteiger partial charge in [-0.15, -0.1) is 0 Å². The van der Waals surface area contributed by atoms with Crippen molar-refractivity contribution in [3.63, 3.8) is 0 Å². The lowest BCUT2D eigenvalue weighted by atomic mass is 10.3. The molecule has 0 bridgehead atoms. The first-order valence-corrected chi connectivity index (χ1v) is 4.57. The van der Waals surface area contributed by atoms with Crippen LogP contribution >= 0.6 is 0 Å². The third-order valence-electron chi connectivity index (χ3n) is 1.57. The second kappa shape index (κ2) is 5.59. The largest absolute Gasteiger partial charge is 0.369 e. The molecule has 16 heavy (non-hydrogen) atoms. The van der Waals surface area contributed by atoms with Gasteiger partial charge in [0, 0.05) is 20.8 Å². The van der Waals surface area contributed by atoms with E-state index in [0.29, 0.717) is 5.82 Å². The van der Waals surface area contributed by atoms with Gasteiger partial charge in [-0.2, -0.15) is 5.10 Å². The minimum absolute atomic E-state index is 0.251. The van der Waals surface area contributed by atoms with Gasteiger partial charge in [0.25, 0.3) is 5.91 Å². The van der Waals surface area contributed by atoms with Gasteiger partial charge in [-0.05, 0) is 12.1 Å². The highest BCUT2D eigenvalue weighted by atomic mass is 16.2. The first-order chi connectivity index (χ1) is 7.63. The molecule has 0 unspecified atom stereocenters. The topological polar surface area (TPSA) is 70.0 Å². The van der Waals surface area contributed by atoms with Crippen molar-refractivity contribution in [2.24, 2.45) is 10.1 Å². The molecule has 0 aliphatic heterocycles. The molecule has 1 aromatic heterocycles. The molecule has 1 heterocycles. The van der Waals surface area contributed by atoms with Crippen LogP contribution in [0.25, 0.3) is 0 Å². The summed E-state index contributed by atoms with van der Waals surface area (Å²) in [5.41, 5.74) is 2.45. The van der Waals surface area contributed by atoms with E-state index in [-0.39, 0.29) is 5.69 Å². The van der Waals surface area contributed by atoms with Crippen molar-refractivity contribution >= 4 is 24.8 Å². The summed E-state index contributed by atoms with van der Waals surface area (Å²) in [7, 11) is 3.70. The van der Waals surface area contributed by atoms with Gasteiger partial charge >= 0.3 is 0 Å². The summed E-state index contributed by atoms with van der Waals surface area (Å²) >= 11 is 0. The van der Waals surface area contributed by atoms with Crippen LogP contribution in [0, 0.1) is 0 Å². The van der Waals surface area contributed by atoms with Gasteiger partial charge in [-0.3, -0.25) is 4.79 Å². The first kappa shape index (κ1) is 11.8. The summed E-state index contributed by atoms with van der Waals surface area (Å²) in [6, 6.07) is 4.99. The average Bonchev–Trinajstić information content (AvgIpc) is 2.27. The molecular weight excluding hydrogens is 206 g/mol. The van der Waals surface area contributed by atoms with Crippen molar-refractivity contribution < 1.29 is 4.79 Å². The Balaban J connectivity index is 2.86. The molecule has 1 aromatic rings. The summed E-state index contributed by atoms with van der Waals surface area (Å²) < 4.78 is 0. The van der Waals surface area contributed by atoms with Crippen LogP contribution in [0.3, 0.4) is 0 Å². The highest BCUT2D eigenvalue weighted by Gasteiger charge is 2.05. The number of aliphatic imine (C=N–C) groups is 1. The van der Waals surface area contributed by atoms with Crippen molar-refractivity contribution in [3.05, 3.63) is 23.9 Å². The normalized spacial score (nSPS) is 10.1. The van der Waals surface area contributed by atoms with Crippen molar-refractivity contribution in [1.29, 1.82) is 0 Å². The fraction of sp³-hybridized carbons (Fsp3) is 0.200. The van der Waals surface area contributed by atoms with Crippen LogP contribution in [0.1, 0.15) is 10.5 Å². The van der Waals surface area contributed by atoms with E-state index in [1.807, 2.05) is 14.1 Å². The molecule has 1 N–H and O–H groups in total. The Morgan fingerprint density at radius 1 is 1.56 bits per heavy atom. The van der Waals surface area contributed by atoms with E-state index in [9.17, 15) is 4.79 Å². The molecule has 0 aliphatic rings. The Bertz CT molecular complexity index is 413. The van der Waals surface area contributed by atoms with Gasteiger partial charge in [0.1, 0.15) is 5.69 Å². The summed E-state index contributed by atoms with van der Waals surface area (Å²) in [4.78, 5) is 21.3. The molecule has 0 radical (unpaired) electrons. The first-order valence-electron chi connectivity index (χ1n) is 4.57. The highest BCUT2D eigenvalue weighted by molar-refractivity contribution is 5.92. The van der Waals surface area contributed by atoms with Gasteiger partial charge in [0.05, 0.1) is 6.34 Å². The predicted molar refractivity (Wildman–Crippen MR) is 63.1 cm³/mol. The van der Waals surface area contributed by atoms with E-state index in [4.69, 9.17) is 0 Å². The van der Waals surface area contributed by atoms with Gasteiger partial charge in [0.15, 0.2) is 5.82 Å². The Labute approximate surface area is 93.7 Å². The molecule has 1 amide bonds. The van der Waals surface area contributed by atoms with Crippen LogP contribution in [-0.2, 0) is 0 Å². The maximum Gasteiger partial charge on any atom is 0.290 e. The summed E-state index contributed by atoms with van der Waals surface area (Å²) in [5, 5.41) is 3.28. The summed E-state index contributed by atoms with van der Waals surface area (Å²) in [6.45, 7) is 3.16. The monoisotopic (exact) mass is 219 g/mol. The number of nitrogens with one attached hydrogen (secondary N) is 1. The minimum atomic E-state index is -0.406. The smallest absolute Gasteiger partial charge is 0.290 e. The van der Waals surface area contributed by atoms with Gasteiger partial charge in [-0.1, -0.05) is 6.07 Å². The number of rotatable bonds is 4. The molecule has 0 aliphatic carbocycles. The number of hydrazone groups is 1. The maximum absolute atomic E-state index is 11.4. The highest BCUT2D eigenvalue weighted by Crippen LogP contribution is 2.07. The summed E-state index contributed by atoms with van der Waals surface area (Å²) in [6.07, 6.45) is 1.61. The fourth-order valence-corrected chi connectivity index (χ4v) is 0.925. The van der Waals surface area contributed by atoms with Gasteiger partial charge in [0.2, 0.25) is 0 Å². The number of hydrogen-bond acceptors (Lipinski definition) is 4. The number of hydrogen-bond donors (Lipinski definition) is 1. The van der Waals surface area contributed by atoms with Gasteiger partial charge in [-0.25, -0.2) is 15.4 Å². The van der Waals surface area contributed by atoms with Crippen LogP contribution in [0.4, 0.5) is 5.82 Å². The number of nitrogens with zero attached hydrogens (tertiary/aromatic N) is 4. The number of amides is 1. The second-order valence-corrected chi connectivity index (χ2v) is 3.19. The molecule has 1 rings (SSSR count). The second-order valence-electron chi connectivity index (χ2n) is 3.19. The molecule has 84 valence electrons. The molecule has 6 nitrogen and oxygen atoms in total. The predicted octanol–water partition coefficient (Wildman–Crippen LogP) is 0.648. The number of aromatic nitrogens is 1. The zero-order valence-electron chi connectivity index (χ0n) is 9.21. The van der Waals surface area contributed by atoms with Crippen LogP contribution in [0.5, 0.6) is 0 Å². The van der Waals surface area contributed by atoms with Crippen LogP contribution in [0.15, 0.2) is 28.3 Å². The van der Waals surface area contributed by atoms with E-state index < -0.39 is 5.91 Å². The third kappa shape index (κ3) is 3.49. The molecule has 0 saturated heterocycles. The lowest BCUT2D eigenvalue weighted by Crippen LogP contribution is -2.17. The lowest BCUT2D eigenvalue weighted by molar-refractivity contribution is 0.0950. The minimum Gasteiger partial charge on any atom is -0.369 e. The van der Waals surface area contributed by atoms with E-state index in [1.54, 1.807) is 29.4 Å². The van der Waals surface area contributed by atoms with Crippen molar-refractivity contribution in [1.82, 2.24) is 15.3 Å². The molecular formula is C10H13N5O. The van der Waals surface area contributed by atoms with E-state index >= 15 is 0 Å². The SMILES string of the molecule is C=NNC(=O)c1cccc(/N=C/N(C)C)n1. The number of carbonyl (C=O) groups is 1. The summed E-state index contributed by atoms with van der Waals surface area (Å²) in [5.74, 6) is 0.0577. The molecule has 0 spiro atoms. The number of pyridine rings is 1. The zero-order chi connectivity index (χ0) is 12.0. The molecule has 0 fully saturated rings. The van der Waals surface area contributed by atoms with Crippen LogP contribution in [0.2, 0.25) is 0 Å². The molecule has 6 heteroatoms. The van der Waals surface area contributed by atoms with Crippen molar-refractivity contribution in [2.75, 3.05) is 14.1 Å². The van der Waals surface area contributed by atoms with E-state index in [2.05, 4.69) is 27.2 Å². The quantitative estimate of drug-likeness (QED) is 0.459. The van der Waals surface area contributed by atoms with Gasteiger partial charge < -0.3 is 4.90 Å². The number of carbonyl (C=O) groups excluding carboxylic acids is 1. The van der Waals surface area contributed by atoms with E-state index in [0.717, 1.165) is 0 Å². The molecule has 0 saturated carbocycles. The van der Waals surface area contributed by atoms with Crippen molar-refractivity contribution in [2.45, 2.75) is 0 Å². The average molecular weight is 219 g/mol.